The van der Waals surface area contributed by atoms with Crippen LogP contribution in [0.3, 0.4) is 0 Å². The third-order valence-electron chi connectivity index (χ3n) is 2.95. The fourth-order valence-corrected chi connectivity index (χ4v) is 1.62. The molecule has 0 fully saturated rings. The third kappa shape index (κ3) is 11.0. The minimum Gasteiger partial charge on any atom is -0.508 e. The Morgan fingerprint density at radius 2 is 1.87 bits per heavy atom. The highest BCUT2D eigenvalue weighted by molar-refractivity contribution is 5.84. The lowest BCUT2D eigenvalue weighted by Gasteiger charge is -2.23. The molecule has 23 heavy (non-hydrogen) atoms. The molecule has 6 nitrogen and oxygen atoms in total. The number of aliphatic hydroxyl groups excluding tert-OH is 1. The van der Waals surface area contributed by atoms with Crippen molar-refractivity contribution in [3.63, 3.8) is 0 Å². The number of amides is 1. The zero-order valence-corrected chi connectivity index (χ0v) is 14.0. The van der Waals surface area contributed by atoms with Crippen molar-refractivity contribution in [1.29, 1.82) is 0 Å². The first-order valence-corrected chi connectivity index (χ1v) is 7.66. The van der Waals surface area contributed by atoms with Crippen LogP contribution in [-0.4, -0.2) is 34.2 Å². The number of hydrogen-bond acceptors (Lipinski definition) is 4. The topological polar surface area (TPSA) is 95.9 Å². The number of carbonyl (C=O) groups excluding carboxylic acids is 1. The van der Waals surface area contributed by atoms with E-state index in [1.54, 1.807) is 26.8 Å². The molecule has 0 aromatic rings. The van der Waals surface area contributed by atoms with Crippen molar-refractivity contribution in [2.45, 2.75) is 52.1 Å². The van der Waals surface area contributed by atoms with Gasteiger partial charge in [0, 0.05) is 13.0 Å². The quantitative estimate of drug-likeness (QED) is 0.308. The van der Waals surface area contributed by atoms with Gasteiger partial charge in [-0.25, -0.2) is 0 Å². The number of carboxylic acid groups (broad SMARTS) is 1. The number of carboxylic acids is 1. The molecule has 0 heterocycles. The average Bonchev–Trinajstić information content (AvgIpc) is 2.47. The molecule has 0 aliphatic carbocycles. The maximum Gasteiger partial charge on any atom is 0.303 e. The molecule has 0 aliphatic heterocycles. The Labute approximate surface area is 137 Å². The molecule has 0 saturated heterocycles. The fraction of sp³-hybridized carbons (Fsp3) is 0.529. The molecule has 0 saturated carbocycles. The standard InChI is InChI=1S/C17H27NO5/c1-4-9-14(19)10-8-13-23-17(2,3)16(22)18-12-7-5-6-11-15(20)21/h4,8-10,13,19H,5-7,11-12H2,1-3H3,(H,18,22)(H,20,21)/b9-4-,13-8+,14-10+. The first kappa shape index (κ1) is 20.8. The summed E-state index contributed by atoms with van der Waals surface area (Å²) in [5, 5.41) is 20.6. The SMILES string of the molecule is C\C=C/C(O)=C\C=C\OC(C)(C)C(=O)NCCCCCC(=O)O. The van der Waals surface area contributed by atoms with Crippen LogP contribution in [0.2, 0.25) is 0 Å². The Bertz CT molecular complexity index is 464. The van der Waals surface area contributed by atoms with Gasteiger partial charge in [0.05, 0.1) is 6.26 Å². The lowest BCUT2D eigenvalue weighted by Crippen LogP contribution is -2.43. The summed E-state index contributed by atoms with van der Waals surface area (Å²) in [5.41, 5.74) is -1.03. The van der Waals surface area contributed by atoms with Crippen molar-refractivity contribution >= 4 is 11.9 Å². The van der Waals surface area contributed by atoms with Crippen LogP contribution in [-0.2, 0) is 14.3 Å². The van der Waals surface area contributed by atoms with Crippen LogP contribution in [0, 0.1) is 0 Å². The highest BCUT2D eigenvalue weighted by Gasteiger charge is 2.27. The molecule has 130 valence electrons. The first-order valence-electron chi connectivity index (χ1n) is 7.66. The van der Waals surface area contributed by atoms with Gasteiger partial charge in [-0.1, -0.05) is 12.5 Å². The van der Waals surface area contributed by atoms with Gasteiger partial charge in [0.2, 0.25) is 0 Å². The molecular formula is C17H27NO5. The maximum absolute atomic E-state index is 12.0. The Balaban J connectivity index is 4.07. The number of rotatable bonds is 11. The van der Waals surface area contributed by atoms with Crippen LogP contribution in [0.25, 0.3) is 0 Å². The van der Waals surface area contributed by atoms with Crippen LogP contribution >= 0.6 is 0 Å². The Kier molecular flexibility index (Phi) is 10.2. The summed E-state index contributed by atoms with van der Waals surface area (Å²) in [4.78, 5) is 22.4. The normalized spacial score (nSPS) is 12.7. The molecule has 0 spiro atoms. The third-order valence-corrected chi connectivity index (χ3v) is 2.95. The van der Waals surface area contributed by atoms with Gasteiger partial charge >= 0.3 is 5.97 Å². The van der Waals surface area contributed by atoms with E-state index in [0.717, 1.165) is 12.8 Å². The van der Waals surface area contributed by atoms with Crippen molar-refractivity contribution in [2.75, 3.05) is 6.54 Å². The van der Waals surface area contributed by atoms with Crippen LogP contribution in [0.5, 0.6) is 0 Å². The molecule has 0 radical (unpaired) electrons. The smallest absolute Gasteiger partial charge is 0.303 e. The van der Waals surface area contributed by atoms with Gasteiger partial charge in [0.15, 0.2) is 5.60 Å². The minimum atomic E-state index is -1.03. The van der Waals surface area contributed by atoms with Gasteiger partial charge in [-0.15, -0.1) is 0 Å². The number of hydrogen-bond donors (Lipinski definition) is 3. The predicted molar refractivity (Wildman–Crippen MR) is 88.9 cm³/mol. The largest absolute Gasteiger partial charge is 0.508 e. The van der Waals surface area contributed by atoms with Gasteiger partial charge in [0.1, 0.15) is 5.76 Å². The van der Waals surface area contributed by atoms with E-state index >= 15 is 0 Å². The Morgan fingerprint density at radius 1 is 1.17 bits per heavy atom. The van der Waals surface area contributed by atoms with E-state index in [4.69, 9.17) is 9.84 Å². The number of nitrogens with one attached hydrogen (secondary N) is 1. The second-order valence-corrected chi connectivity index (χ2v) is 5.51. The van der Waals surface area contributed by atoms with Crippen LogP contribution in [0.1, 0.15) is 46.5 Å². The molecule has 1 amide bonds. The van der Waals surface area contributed by atoms with Crippen LogP contribution in [0.15, 0.2) is 36.3 Å². The van der Waals surface area contributed by atoms with E-state index in [1.165, 1.54) is 24.5 Å². The summed E-state index contributed by atoms with van der Waals surface area (Å²) in [6.45, 7) is 5.57. The zero-order valence-electron chi connectivity index (χ0n) is 14.0. The summed E-state index contributed by atoms with van der Waals surface area (Å²) < 4.78 is 5.38. The van der Waals surface area contributed by atoms with Crippen molar-refractivity contribution in [3.8, 4) is 0 Å². The molecule has 0 rings (SSSR count). The second-order valence-electron chi connectivity index (χ2n) is 5.51. The van der Waals surface area contributed by atoms with E-state index in [1.807, 2.05) is 0 Å². The van der Waals surface area contributed by atoms with Crippen molar-refractivity contribution in [2.24, 2.45) is 0 Å². The van der Waals surface area contributed by atoms with Crippen LogP contribution in [0.4, 0.5) is 0 Å². The fourth-order valence-electron chi connectivity index (χ4n) is 1.62. The molecule has 0 unspecified atom stereocenters. The zero-order chi connectivity index (χ0) is 17.7. The van der Waals surface area contributed by atoms with Gasteiger partial charge in [-0.2, -0.15) is 0 Å². The highest BCUT2D eigenvalue weighted by atomic mass is 16.5. The second kappa shape index (κ2) is 11.3. The predicted octanol–water partition coefficient (Wildman–Crippen LogP) is 3.07. The number of ether oxygens (including phenoxy) is 1. The molecule has 3 N–H and O–H groups in total. The molecule has 0 bridgehead atoms. The lowest BCUT2D eigenvalue weighted by atomic mass is 10.1. The number of allylic oxidation sites excluding steroid dienone is 4. The van der Waals surface area contributed by atoms with Crippen molar-refractivity contribution in [3.05, 3.63) is 36.3 Å². The number of unbranched alkanes of at least 4 members (excludes halogenated alkanes) is 2. The Morgan fingerprint density at radius 3 is 2.48 bits per heavy atom. The van der Waals surface area contributed by atoms with Crippen LogP contribution < -0.4 is 5.32 Å². The van der Waals surface area contributed by atoms with Crippen molar-refractivity contribution < 1.29 is 24.5 Å². The lowest BCUT2D eigenvalue weighted by molar-refractivity contribution is -0.138. The average molecular weight is 325 g/mol. The van der Waals surface area contributed by atoms with Gasteiger partial charge in [-0.05, 0) is 51.8 Å². The summed E-state index contributed by atoms with van der Waals surface area (Å²) in [6.07, 6.45) is 9.80. The first-order chi connectivity index (χ1) is 10.8. The van der Waals surface area contributed by atoms with Gasteiger partial charge in [0.25, 0.3) is 5.91 Å². The monoisotopic (exact) mass is 325 g/mol. The summed E-state index contributed by atoms with van der Waals surface area (Å²) in [6, 6.07) is 0. The van der Waals surface area contributed by atoms with Crippen molar-refractivity contribution in [1.82, 2.24) is 5.32 Å². The summed E-state index contributed by atoms with van der Waals surface area (Å²) in [7, 11) is 0. The minimum absolute atomic E-state index is 0.0935. The number of aliphatic hydroxyl groups is 1. The molecule has 0 aromatic carbocycles. The summed E-state index contributed by atoms with van der Waals surface area (Å²) in [5.74, 6) is -0.956. The van der Waals surface area contributed by atoms with Gasteiger partial charge in [-0.3, -0.25) is 9.59 Å². The molecule has 0 aliphatic rings. The molecule has 0 atom stereocenters. The molecular weight excluding hydrogens is 298 g/mol. The van der Waals surface area contributed by atoms with E-state index in [9.17, 15) is 14.7 Å². The van der Waals surface area contributed by atoms with E-state index < -0.39 is 11.6 Å². The summed E-state index contributed by atoms with van der Waals surface area (Å²) >= 11 is 0. The Hall–Kier alpha value is -2.24. The van der Waals surface area contributed by atoms with E-state index in [-0.39, 0.29) is 18.1 Å². The number of carbonyl (C=O) groups is 2. The molecule has 0 aromatic heterocycles. The molecule has 6 heteroatoms. The van der Waals surface area contributed by atoms with Gasteiger partial charge < -0.3 is 20.3 Å². The van der Waals surface area contributed by atoms with E-state index in [0.29, 0.717) is 13.0 Å². The number of aliphatic carboxylic acids is 1. The van der Waals surface area contributed by atoms with E-state index in [2.05, 4.69) is 5.32 Å². The maximum atomic E-state index is 12.0. The highest BCUT2D eigenvalue weighted by Crippen LogP contribution is 2.10.